The second-order valence-electron chi connectivity index (χ2n) is 4.68. The lowest BCUT2D eigenvalue weighted by atomic mass is 9.89. The third-order valence-electron chi connectivity index (χ3n) is 3.34. The summed E-state index contributed by atoms with van der Waals surface area (Å²) in [5.74, 6) is -0.504. The molecular weight excluding hydrogens is 255 g/mol. The minimum Gasteiger partial charge on any atom is -0.352 e. The van der Waals surface area contributed by atoms with Crippen LogP contribution in [0.4, 0.5) is 4.39 Å². The second kappa shape index (κ2) is 6.14. The third kappa shape index (κ3) is 3.42. The van der Waals surface area contributed by atoms with Crippen LogP contribution in [0.5, 0.6) is 0 Å². The van der Waals surface area contributed by atoms with Gasteiger partial charge in [-0.3, -0.25) is 9.78 Å². The molecule has 1 fully saturated rings. The standard InChI is InChI=1S/C13H16ClFN2O/c14-10-3-1-9(2-4-10)7-17-13(18)11-5-6-16-8-12(11)15/h5-6,8-10H,1-4,7H2,(H,17,18). The number of nitrogens with one attached hydrogen (secondary N) is 1. The highest BCUT2D eigenvalue weighted by Gasteiger charge is 2.20. The van der Waals surface area contributed by atoms with E-state index in [1.165, 1.54) is 12.3 Å². The minimum absolute atomic E-state index is 0.0519. The Morgan fingerprint density at radius 1 is 1.44 bits per heavy atom. The van der Waals surface area contributed by atoms with E-state index >= 15 is 0 Å². The molecule has 1 aromatic heterocycles. The first-order valence-electron chi connectivity index (χ1n) is 6.18. The van der Waals surface area contributed by atoms with Crippen molar-refractivity contribution in [2.45, 2.75) is 31.1 Å². The molecule has 0 radical (unpaired) electrons. The zero-order valence-electron chi connectivity index (χ0n) is 10.0. The fraction of sp³-hybridized carbons (Fsp3) is 0.538. The number of rotatable bonds is 3. The monoisotopic (exact) mass is 270 g/mol. The van der Waals surface area contributed by atoms with Gasteiger partial charge in [-0.15, -0.1) is 11.6 Å². The van der Waals surface area contributed by atoms with Crippen LogP contribution in [0.2, 0.25) is 0 Å². The molecule has 98 valence electrons. The summed E-state index contributed by atoms with van der Waals surface area (Å²) in [7, 11) is 0. The number of halogens is 2. The predicted molar refractivity (Wildman–Crippen MR) is 68.1 cm³/mol. The van der Waals surface area contributed by atoms with Gasteiger partial charge in [0.1, 0.15) is 0 Å². The maximum absolute atomic E-state index is 13.3. The molecule has 1 aromatic rings. The molecule has 0 bridgehead atoms. The number of hydrogen-bond acceptors (Lipinski definition) is 2. The highest BCUT2D eigenvalue weighted by molar-refractivity contribution is 6.20. The molecule has 1 N–H and O–H groups in total. The molecule has 1 amide bonds. The molecule has 0 aromatic carbocycles. The van der Waals surface area contributed by atoms with Gasteiger partial charge in [0.05, 0.1) is 11.8 Å². The fourth-order valence-corrected chi connectivity index (χ4v) is 2.47. The molecule has 0 spiro atoms. The summed E-state index contributed by atoms with van der Waals surface area (Å²) in [6.45, 7) is 0.588. The van der Waals surface area contributed by atoms with Crippen molar-refractivity contribution in [1.29, 1.82) is 0 Å². The highest BCUT2D eigenvalue weighted by atomic mass is 35.5. The van der Waals surface area contributed by atoms with Crippen LogP contribution in [-0.4, -0.2) is 22.8 Å². The lowest BCUT2D eigenvalue weighted by Gasteiger charge is -2.25. The highest BCUT2D eigenvalue weighted by Crippen LogP contribution is 2.27. The van der Waals surface area contributed by atoms with Crippen LogP contribution in [0.25, 0.3) is 0 Å². The molecule has 0 aliphatic heterocycles. The Balaban J connectivity index is 1.84. The Hall–Kier alpha value is -1.16. The number of aromatic nitrogens is 1. The molecule has 0 atom stereocenters. The van der Waals surface area contributed by atoms with Gasteiger partial charge in [0.25, 0.3) is 5.91 Å². The van der Waals surface area contributed by atoms with Crippen molar-refractivity contribution >= 4 is 17.5 Å². The summed E-state index contributed by atoms with van der Waals surface area (Å²) in [4.78, 5) is 15.4. The van der Waals surface area contributed by atoms with E-state index in [1.54, 1.807) is 0 Å². The first kappa shape index (κ1) is 13.3. The van der Waals surface area contributed by atoms with E-state index in [9.17, 15) is 9.18 Å². The first-order chi connectivity index (χ1) is 8.66. The smallest absolute Gasteiger partial charge is 0.254 e. The van der Waals surface area contributed by atoms with E-state index < -0.39 is 5.82 Å². The number of carbonyl (C=O) groups is 1. The molecule has 1 aliphatic carbocycles. The molecule has 1 heterocycles. The van der Waals surface area contributed by atoms with E-state index in [0.717, 1.165) is 31.9 Å². The summed E-state index contributed by atoms with van der Waals surface area (Å²) < 4.78 is 13.3. The largest absolute Gasteiger partial charge is 0.352 e. The van der Waals surface area contributed by atoms with E-state index in [1.807, 2.05) is 0 Å². The normalized spacial score (nSPS) is 23.7. The van der Waals surface area contributed by atoms with Crippen molar-refractivity contribution < 1.29 is 9.18 Å². The fourth-order valence-electron chi connectivity index (χ4n) is 2.22. The third-order valence-corrected chi connectivity index (χ3v) is 3.78. The predicted octanol–water partition coefficient (Wildman–Crippen LogP) is 2.75. The van der Waals surface area contributed by atoms with Crippen LogP contribution in [0.3, 0.4) is 0 Å². The van der Waals surface area contributed by atoms with Crippen LogP contribution in [0.1, 0.15) is 36.0 Å². The van der Waals surface area contributed by atoms with Crippen LogP contribution in [0.15, 0.2) is 18.5 Å². The summed E-state index contributed by atoms with van der Waals surface area (Å²) >= 11 is 6.02. The molecule has 5 heteroatoms. The maximum Gasteiger partial charge on any atom is 0.254 e. The minimum atomic E-state index is -0.584. The van der Waals surface area contributed by atoms with Gasteiger partial charge in [0.2, 0.25) is 0 Å². The number of pyridine rings is 1. The lowest BCUT2D eigenvalue weighted by molar-refractivity contribution is 0.0939. The molecule has 0 unspecified atom stereocenters. The van der Waals surface area contributed by atoms with Gasteiger partial charge >= 0.3 is 0 Å². The molecule has 2 rings (SSSR count). The lowest BCUT2D eigenvalue weighted by Crippen LogP contribution is -2.31. The Kier molecular flexibility index (Phi) is 4.53. The zero-order chi connectivity index (χ0) is 13.0. The molecule has 1 saturated carbocycles. The van der Waals surface area contributed by atoms with Crippen molar-refractivity contribution in [3.8, 4) is 0 Å². The second-order valence-corrected chi connectivity index (χ2v) is 5.30. The molecular formula is C13H16ClFN2O. The van der Waals surface area contributed by atoms with Crippen molar-refractivity contribution in [2.24, 2.45) is 5.92 Å². The van der Waals surface area contributed by atoms with E-state index in [4.69, 9.17) is 11.6 Å². The van der Waals surface area contributed by atoms with Crippen LogP contribution in [-0.2, 0) is 0 Å². The number of amides is 1. The van der Waals surface area contributed by atoms with Gasteiger partial charge in [-0.05, 0) is 37.7 Å². The zero-order valence-corrected chi connectivity index (χ0v) is 10.8. The van der Waals surface area contributed by atoms with Gasteiger partial charge < -0.3 is 5.32 Å². The van der Waals surface area contributed by atoms with Gasteiger partial charge in [0, 0.05) is 18.1 Å². The van der Waals surface area contributed by atoms with Crippen molar-refractivity contribution in [1.82, 2.24) is 10.3 Å². The van der Waals surface area contributed by atoms with Crippen molar-refractivity contribution in [3.63, 3.8) is 0 Å². The Morgan fingerprint density at radius 2 is 2.17 bits per heavy atom. The average molecular weight is 271 g/mol. The van der Waals surface area contributed by atoms with Gasteiger partial charge in [-0.25, -0.2) is 4.39 Å². The van der Waals surface area contributed by atoms with Gasteiger partial charge in [0.15, 0.2) is 5.82 Å². The topological polar surface area (TPSA) is 42.0 Å². The summed E-state index contributed by atoms with van der Waals surface area (Å²) in [6.07, 6.45) is 6.49. The summed E-state index contributed by atoms with van der Waals surface area (Å²) in [5, 5.41) is 3.05. The quantitative estimate of drug-likeness (QED) is 0.858. The molecule has 3 nitrogen and oxygen atoms in total. The summed E-state index contributed by atoms with van der Waals surface area (Å²) in [5.41, 5.74) is 0.0519. The maximum atomic E-state index is 13.3. The first-order valence-corrected chi connectivity index (χ1v) is 6.62. The van der Waals surface area contributed by atoms with Crippen molar-refractivity contribution in [2.75, 3.05) is 6.54 Å². The van der Waals surface area contributed by atoms with E-state index in [-0.39, 0.29) is 16.8 Å². The number of hydrogen-bond donors (Lipinski definition) is 1. The number of alkyl halides is 1. The van der Waals surface area contributed by atoms with Crippen LogP contribution in [0, 0.1) is 11.7 Å². The molecule has 0 saturated heterocycles. The van der Waals surface area contributed by atoms with Crippen LogP contribution >= 0.6 is 11.6 Å². The molecule has 1 aliphatic rings. The molecule has 18 heavy (non-hydrogen) atoms. The SMILES string of the molecule is O=C(NCC1CCC(Cl)CC1)c1ccncc1F. The Bertz CT molecular complexity index is 419. The van der Waals surface area contributed by atoms with E-state index in [0.29, 0.717) is 12.5 Å². The summed E-state index contributed by atoms with van der Waals surface area (Å²) in [6, 6.07) is 1.39. The van der Waals surface area contributed by atoms with Crippen molar-refractivity contribution in [3.05, 3.63) is 29.8 Å². The van der Waals surface area contributed by atoms with Gasteiger partial charge in [-0.2, -0.15) is 0 Å². The Morgan fingerprint density at radius 3 is 2.83 bits per heavy atom. The number of carbonyl (C=O) groups excluding carboxylic acids is 1. The van der Waals surface area contributed by atoms with E-state index in [2.05, 4.69) is 10.3 Å². The number of nitrogens with zero attached hydrogens (tertiary/aromatic N) is 1. The van der Waals surface area contributed by atoms with Crippen LogP contribution < -0.4 is 5.32 Å². The Labute approximate surface area is 111 Å². The van der Waals surface area contributed by atoms with Gasteiger partial charge in [-0.1, -0.05) is 0 Å². The average Bonchev–Trinajstić information content (AvgIpc) is 2.38.